The Kier molecular flexibility index (Phi) is 6.78. The van der Waals surface area contributed by atoms with E-state index in [0.29, 0.717) is 17.4 Å². The number of amides is 1. The standard InChI is InChI=1S/C30H34N4O3/c1-19(2)29-24-16-21(23-8-11-28(31-18-23)34-14-12-33(13-15-34)20(3)35)6-9-25(24)32-30(29)22-7-10-26(36-4)27(17-22)37-5/h6-11,16-19,32H,12-15H2,1-5H3. The molecule has 0 aliphatic carbocycles. The highest BCUT2D eigenvalue weighted by Gasteiger charge is 2.20. The van der Waals surface area contributed by atoms with Crippen molar-refractivity contribution < 1.29 is 14.3 Å². The van der Waals surface area contributed by atoms with Crippen LogP contribution in [0.25, 0.3) is 33.3 Å². The van der Waals surface area contributed by atoms with Crippen LogP contribution in [0, 0.1) is 0 Å². The summed E-state index contributed by atoms with van der Waals surface area (Å²) in [5.41, 5.74) is 6.75. The second-order valence-corrected chi connectivity index (χ2v) is 9.80. The molecule has 0 spiro atoms. The maximum absolute atomic E-state index is 11.6. The summed E-state index contributed by atoms with van der Waals surface area (Å²) in [6, 6.07) is 16.8. The number of pyridine rings is 1. The average molecular weight is 499 g/mol. The number of methoxy groups -OCH3 is 2. The van der Waals surface area contributed by atoms with Crippen molar-refractivity contribution in [1.82, 2.24) is 14.9 Å². The van der Waals surface area contributed by atoms with Gasteiger partial charge in [0.2, 0.25) is 5.91 Å². The lowest BCUT2D eigenvalue weighted by atomic mass is 9.94. The van der Waals surface area contributed by atoms with Gasteiger partial charge in [-0.15, -0.1) is 0 Å². The number of hydrogen-bond acceptors (Lipinski definition) is 5. The molecule has 7 nitrogen and oxygen atoms in total. The van der Waals surface area contributed by atoms with Crippen molar-refractivity contribution in [2.45, 2.75) is 26.7 Å². The SMILES string of the molecule is COc1ccc(-c2[nH]c3ccc(-c4ccc(N5CCN(C(C)=O)CC5)nc4)cc3c2C(C)C)cc1OC. The Morgan fingerprint density at radius 3 is 2.22 bits per heavy atom. The Morgan fingerprint density at radius 2 is 1.59 bits per heavy atom. The van der Waals surface area contributed by atoms with Crippen LogP contribution in [-0.4, -0.2) is 61.2 Å². The van der Waals surface area contributed by atoms with Crippen LogP contribution in [0.5, 0.6) is 11.5 Å². The molecule has 0 bridgehead atoms. The Hall–Kier alpha value is -4.00. The Bertz CT molecular complexity index is 1420. The molecule has 2 aromatic heterocycles. The van der Waals surface area contributed by atoms with Gasteiger partial charge in [0.15, 0.2) is 11.5 Å². The fraction of sp³-hybridized carbons (Fsp3) is 0.333. The van der Waals surface area contributed by atoms with Crippen LogP contribution >= 0.6 is 0 Å². The molecule has 3 heterocycles. The second-order valence-electron chi connectivity index (χ2n) is 9.80. The summed E-state index contributed by atoms with van der Waals surface area (Å²) in [6.07, 6.45) is 1.95. The second kappa shape index (κ2) is 10.2. The van der Waals surface area contributed by atoms with E-state index in [4.69, 9.17) is 14.5 Å². The first-order valence-electron chi connectivity index (χ1n) is 12.7. The number of nitrogens with one attached hydrogen (secondary N) is 1. The number of benzene rings is 2. The summed E-state index contributed by atoms with van der Waals surface area (Å²) in [7, 11) is 3.31. The number of nitrogens with zero attached hydrogens (tertiary/aromatic N) is 3. The fourth-order valence-electron chi connectivity index (χ4n) is 5.21. The summed E-state index contributed by atoms with van der Waals surface area (Å²) in [6.45, 7) is 9.16. The first-order valence-corrected chi connectivity index (χ1v) is 12.7. The summed E-state index contributed by atoms with van der Waals surface area (Å²) >= 11 is 0. The number of aromatic nitrogens is 2. The summed E-state index contributed by atoms with van der Waals surface area (Å²) < 4.78 is 11.0. The lowest BCUT2D eigenvalue weighted by Gasteiger charge is -2.34. The monoisotopic (exact) mass is 498 g/mol. The molecule has 1 amide bonds. The molecule has 1 saturated heterocycles. The smallest absolute Gasteiger partial charge is 0.219 e. The van der Waals surface area contributed by atoms with E-state index in [1.54, 1.807) is 21.1 Å². The molecular formula is C30H34N4O3. The van der Waals surface area contributed by atoms with Crippen LogP contribution in [0.15, 0.2) is 54.7 Å². The molecular weight excluding hydrogens is 464 g/mol. The van der Waals surface area contributed by atoms with Crippen LogP contribution in [0.4, 0.5) is 5.82 Å². The predicted octanol–water partition coefficient (Wildman–Crippen LogP) is 5.71. The van der Waals surface area contributed by atoms with Gasteiger partial charge in [-0.25, -0.2) is 4.98 Å². The van der Waals surface area contributed by atoms with E-state index in [9.17, 15) is 4.79 Å². The van der Waals surface area contributed by atoms with Crippen molar-refractivity contribution in [2.75, 3.05) is 45.3 Å². The van der Waals surface area contributed by atoms with Crippen LogP contribution in [0.3, 0.4) is 0 Å². The summed E-state index contributed by atoms with van der Waals surface area (Å²) in [5.74, 6) is 2.84. The highest BCUT2D eigenvalue weighted by Crippen LogP contribution is 2.40. The molecule has 192 valence electrons. The molecule has 4 aromatic rings. The van der Waals surface area contributed by atoms with Gasteiger partial charge in [0.25, 0.3) is 0 Å². The van der Waals surface area contributed by atoms with Gasteiger partial charge in [-0.1, -0.05) is 19.9 Å². The van der Waals surface area contributed by atoms with Gasteiger partial charge in [0, 0.05) is 61.3 Å². The van der Waals surface area contributed by atoms with E-state index in [-0.39, 0.29) is 5.91 Å². The lowest BCUT2D eigenvalue weighted by molar-refractivity contribution is -0.129. The molecule has 1 N–H and O–H groups in total. The predicted molar refractivity (Wildman–Crippen MR) is 149 cm³/mol. The first kappa shape index (κ1) is 24.7. The Morgan fingerprint density at radius 1 is 0.892 bits per heavy atom. The van der Waals surface area contributed by atoms with Gasteiger partial charge < -0.3 is 24.3 Å². The summed E-state index contributed by atoms with van der Waals surface area (Å²) in [4.78, 5) is 24.2. The van der Waals surface area contributed by atoms with Crippen molar-refractivity contribution in [3.05, 3.63) is 60.3 Å². The number of ether oxygens (including phenoxy) is 2. The maximum Gasteiger partial charge on any atom is 0.219 e. The number of carbonyl (C=O) groups is 1. The van der Waals surface area contributed by atoms with E-state index in [0.717, 1.165) is 59.9 Å². The van der Waals surface area contributed by atoms with Crippen molar-refractivity contribution in [3.8, 4) is 33.9 Å². The summed E-state index contributed by atoms with van der Waals surface area (Å²) in [5, 5.41) is 1.21. The van der Waals surface area contributed by atoms with Crippen LogP contribution in [0.2, 0.25) is 0 Å². The van der Waals surface area contributed by atoms with E-state index in [1.165, 1.54) is 10.9 Å². The van der Waals surface area contributed by atoms with Gasteiger partial charge in [-0.3, -0.25) is 4.79 Å². The topological polar surface area (TPSA) is 70.7 Å². The minimum atomic E-state index is 0.137. The van der Waals surface area contributed by atoms with E-state index >= 15 is 0 Å². The lowest BCUT2D eigenvalue weighted by Crippen LogP contribution is -2.48. The van der Waals surface area contributed by atoms with Gasteiger partial charge in [0.1, 0.15) is 5.82 Å². The van der Waals surface area contributed by atoms with Crippen molar-refractivity contribution in [2.24, 2.45) is 0 Å². The molecule has 1 aliphatic rings. The fourth-order valence-corrected chi connectivity index (χ4v) is 5.21. The normalized spacial score (nSPS) is 13.9. The number of hydrogen-bond donors (Lipinski definition) is 1. The number of rotatable bonds is 6. The zero-order chi connectivity index (χ0) is 26.1. The number of fused-ring (bicyclic) bond motifs is 1. The van der Waals surface area contributed by atoms with Crippen LogP contribution in [0.1, 0.15) is 32.3 Å². The molecule has 0 radical (unpaired) electrons. The molecule has 0 unspecified atom stereocenters. The van der Waals surface area contributed by atoms with Gasteiger partial charge in [0.05, 0.1) is 19.9 Å². The minimum absolute atomic E-state index is 0.137. The number of aromatic amines is 1. The number of carbonyl (C=O) groups excluding carboxylic acids is 1. The van der Waals surface area contributed by atoms with Crippen LogP contribution < -0.4 is 14.4 Å². The zero-order valence-corrected chi connectivity index (χ0v) is 22.2. The third kappa shape index (κ3) is 4.73. The third-order valence-electron chi connectivity index (χ3n) is 7.22. The number of piperazine rings is 1. The molecule has 7 heteroatoms. The quantitative estimate of drug-likeness (QED) is 0.369. The Balaban J connectivity index is 1.46. The molecule has 0 saturated carbocycles. The van der Waals surface area contributed by atoms with Crippen molar-refractivity contribution in [1.29, 1.82) is 0 Å². The van der Waals surface area contributed by atoms with Crippen LogP contribution in [-0.2, 0) is 4.79 Å². The molecule has 0 atom stereocenters. The number of H-pyrrole nitrogens is 1. The maximum atomic E-state index is 11.6. The highest BCUT2D eigenvalue weighted by molar-refractivity contribution is 5.94. The van der Waals surface area contributed by atoms with Crippen molar-refractivity contribution >= 4 is 22.6 Å². The molecule has 5 rings (SSSR count). The zero-order valence-electron chi connectivity index (χ0n) is 22.2. The Labute approximate surface area is 218 Å². The highest BCUT2D eigenvalue weighted by atomic mass is 16.5. The third-order valence-corrected chi connectivity index (χ3v) is 7.22. The molecule has 1 fully saturated rings. The van der Waals surface area contributed by atoms with E-state index < -0.39 is 0 Å². The van der Waals surface area contributed by atoms with Gasteiger partial charge in [-0.05, 0) is 59.5 Å². The van der Waals surface area contributed by atoms with E-state index in [1.807, 2.05) is 23.2 Å². The van der Waals surface area contributed by atoms with Crippen molar-refractivity contribution in [3.63, 3.8) is 0 Å². The van der Waals surface area contributed by atoms with Gasteiger partial charge >= 0.3 is 0 Å². The minimum Gasteiger partial charge on any atom is -0.493 e. The van der Waals surface area contributed by atoms with Gasteiger partial charge in [-0.2, -0.15) is 0 Å². The largest absolute Gasteiger partial charge is 0.493 e. The first-order chi connectivity index (χ1) is 17.9. The van der Waals surface area contributed by atoms with E-state index in [2.05, 4.69) is 60.1 Å². The molecule has 2 aromatic carbocycles. The number of anilines is 1. The molecule has 37 heavy (non-hydrogen) atoms. The average Bonchev–Trinajstić information content (AvgIpc) is 3.32. The molecule has 1 aliphatic heterocycles.